The summed E-state index contributed by atoms with van der Waals surface area (Å²) in [6.45, 7) is 0.418. The molecule has 72 valence electrons. The first-order valence-electron chi connectivity index (χ1n) is 4.10. The highest BCUT2D eigenvalue weighted by atomic mass is 16.6. The molecule has 0 unspecified atom stereocenters. The maximum absolute atomic E-state index is 10.6. The summed E-state index contributed by atoms with van der Waals surface area (Å²) >= 11 is 0. The van der Waals surface area contributed by atoms with Crippen molar-refractivity contribution in [3.63, 3.8) is 0 Å². The number of anilines is 1. The summed E-state index contributed by atoms with van der Waals surface area (Å²) in [5.41, 5.74) is 0.484. The second-order valence-corrected chi connectivity index (χ2v) is 2.61. The SMILES string of the molecule is N#CCCNc1ccccc1[N+](=O)[O-]. The van der Waals surface area contributed by atoms with Crippen molar-refractivity contribution < 1.29 is 4.92 Å². The van der Waals surface area contributed by atoms with E-state index >= 15 is 0 Å². The number of hydrogen-bond acceptors (Lipinski definition) is 4. The molecule has 0 aliphatic rings. The highest BCUT2D eigenvalue weighted by Gasteiger charge is 2.10. The highest BCUT2D eigenvalue weighted by Crippen LogP contribution is 2.22. The van der Waals surface area contributed by atoms with Gasteiger partial charge in [0.15, 0.2) is 0 Å². The lowest BCUT2D eigenvalue weighted by Crippen LogP contribution is -2.03. The normalized spacial score (nSPS) is 9.07. The predicted octanol–water partition coefficient (Wildman–Crippen LogP) is 1.92. The fourth-order valence-electron chi connectivity index (χ4n) is 1.04. The molecule has 0 saturated carbocycles. The number of para-hydroxylation sites is 2. The second-order valence-electron chi connectivity index (χ2n) is 2.61. The van der Waals surface area contributed by atoms with Crippen molar-refractivity contribution in [1.82, 2.24) is 0 Å². The van der Waals surface area contributed by atoms with Crippen LogP contribution in [0.15, 0.2) is 24.3 Å². The Balaban J connectivity index is 2.75. The Morgan fingerprint density at radius 1 is 1.50 bits per heavy atom. The number of nitrogens with zero attached hydrogens (tertiary/aromatic N) is 2. The lowest BCUT2D eigenvalue weighted by molar-refractivity contribution is -0.384. The molecule has 1 N–H and O–H groups in total. The first-order valence-corrected chi connectivity index (χ1v) is 4.10. The number of nitrogens with one attached hydrogen (secondary N) is 1. The van der Waals surface area contributed by atoms with Crippen molar-refractivity contribution in [2.24, 2.45) is 0 Å². The molecule has 14 heavy (non-hydrogen) atoms. The maximum Gasteiger partial charge on any atom is 0.292 e. The van der Waals surface area contributed by atoms with Crippen molar-refractivity contribution >= 4 is 11.4 Å². The number of nitro groups is 1. The summed E-state index contributed by atoms with van der Waals surface area (Å²) in [4.78, 5) is 10.1. The smallest absolute Gasteiger partial charge is 0.292 e. The van der Waals surface area contributed by atoms with E-state index < -0.39 is 4.92 Å². The standard InChI is InChI=1S/C9H9N3O2/c10-6-3-7-11-8-4-1-2-5-9(8)12(13)14/h1-2,4-5,11H,3,7H2. The van der Waals surface area contributed by atoms with E-state index in [2.05, 4.69) is 5.32 Å². The van der Waals surface area contributed by atoms with Gasteiger partial charge in [-0.3, -0.25) is 10.1 Å². The molecule has 0 aliphatic heterocycles. The van der Waals surface area contributed by atoms with E-state index in [0.717, 1.165) is 0 Å². The Morgan fingerprint density at radius 2 is 2.21 bits per heavy atom. The van der Waals surface area contributed by atoms with Crippen LogP contribution < -0.4 is 5.32 Å². The summed E-state index contributed by atoms with van der Waals surface area (Å²) < 4.78 is 0. The van der Waals surface area contributed by atoms with Gasteiger partial charge in [0.1, 0.15) is 5.69 Å². The molecule has 0 bridgehead atoms. The molecule has 0 spiro atoms. The molecule has 0 atom stereocenters. The summed E-state index contributed by atoms with van der Waals surface area (Å²) in [6, 6.07) is 8.31. The molecule has 5 nitrogen and oxygen atoms in total. The van der Waals surface area contributed by atoms with Gasteiger partial charge in [-0.1, -0.05) is 12.1 Å². The van der Waals surface area contributed by atoms with Gasteiger partial charge >= 0.3 is 0 Å². The molecule has 1 aromatic rings. The Hall–Kier alpha value is -2.09. The molecule has 5 heteroatoms. The zero-order chi connectivity index (χ0) is 10.4. The van der Waals surface area contributed by atoms with Crippen molar-refractivity contribution in [3.05, 3.63) is 34.4 Å². The van der Waals surface area contributed by atoms with Crippen LogP contribution in [0.25, 0.3) is 0 Å². The molecule has 0 amide bonds. The van der Waals surface area contributed by atoms with Gasteiger partial charge in [-0.05, 0) is 6.07 Å². The van der Waals surface area contributed by atoms with E-state index in [4.69, 9.17) is 5.26 Å². The summed E-state index contributed by atoms with van der Waals surface area (Å²) in [5.74, 6) is 0. The maximum atomic E-state index is 10.6. The Morgan fingerprint density at radius 3 is 2.86 bits per heavy atom. The first kappa shape index (κ1) is 9.99. The number of benzene rings is 1. The fraction of sp³-hybridized carbons (Fsp3) is 0.222. The van der Waals surface area contributed by atoms with Gasteiger partial charge in [0, 0.05) is 12.6 Å². The topological polar surface area (TPSA) is 79.0 Å². The molecule has 0 aliphatic carbocycles. The largest absolute Gasteiger partial charge is 0.378 e. The van der Waals surface area contributed by atoms with Gasteiger partial charge < -0.3 is 5.32 Å². The zero-order valence-corrected chi connectivity index (χ0v) is 7.43. The van der Waals surface area contributed by atoms with Crippen molar-refractivity contribution in [2.75, 3.05) is 11.9 Å². The minimum Gasteiger partial charge on any atom is -0.378 e. The third-order valence-electron chi connectivity index (χ3n) is 1.65. The van der Waals surface area contributed by atoms with Crippen LogP contribution in [-0.4, -0.2) is 11.5 Å². The molecule has 1 rings (SSSR count). The van der Waals surface area contributed by atoms with Gasteiger partial charge in [0.25, 0.3) is 5.69 Å². The van der Waals surface area contributed by atoms with E-state index in [1.807, 2.05) is 6.07 Å². The summed E-state index contributed by atoms with van der Waals surface area (Å²) in [5, 5.41) is 21.7. The van der Waals surface area contributed by atoms with Gasteiger partial charge in [-0.2, -0.15) is 5.26 Å². The molecule has 1 aromatic carbocycles. The van der Waals surface area contributed by atoms with Crippen LogP contribution in [-0.2, 0) is 0 Å². The number of nitro benzene ring substituents is 1. The van der Waals surface area contributed by atoms with Crippen LogP contribution in [0.5, 0.6) is 0 Å². The number of nitriles is 1. The van der Waals surface area contributed by atoms with Gasteiger partial charge in [0.05, 0.1) is 17.4 Å². The van der Waals surface area contributed by atoms with Crippen LogP contribution in [0.2, 0.25) is 0 Å². The summed E-state index contributed by atoms with van der Waals surface area (Å²) in [7, 11) is 0. The molecule has 0 radical (unpaired) electrons. The highest BCUT2D eigenvalue weighted by molar-refractivity contribution is 5.60. The van der Waals surface area contributed by atoms with Crippen LogP contribution >= 0.6 is 0 Å². The van der Waals surface area contributed by atoms with E-state index in [-0.39, 0.29) is 5.69 Å². The van der Waals surface area contributed by atoms with Crippen LogP contribution in [0.3, 0.4) is 0 Å². The molecular formula is C9H9N3O2. The first-order chi connectivity index (χ1) is 6.75. The van der Waals surface area contributed by atoms with E-state index in [9.17, 15) is 10.1 Å². The van der Waals surface area contributed by atoms with Crippen molar-refractivity contribution in [2.45, 2.75) is 6.42 Å². The van der Waals surface area contributed by atoms with Gasteiger partial charge in [-0.15, -0.1) is 0 Å². The fourth-order valence-corrected chi connectivity index (χ4v) is 1.04. The second kappa shape index (κ2) is 4.82. The lowest BCUT2D eigenvalue weighted by Gasteiger charge is -2.03. The van der Waals surface area contributed by atoms with Gasteiger partial charge in [-0.25, -0.2) is 0 Å². The van der Waals surface area contributed by atoms with E-state index in [1.54, 1.807) is 18.2 Å². The Kier molecular flexibility index (Phi) is 3.44. The summed E-state index contributed by atoms with van der Waals surface area (Å²) in [6.07, 6.45) is 0.325. The number of rotatable bonds is 4. The predicted molar refractivity (Wildman–Crippen MR) is 51.8 cm³/mol. The minimum atomic E-state index is -0.450. The van der Waals surface area contributed by atoms with Crippen molar-refractivity contribution in [3.8, 4) is 6.07 Å². The molecule has 0 saturated heterocycles. The van der Waals surface area contributed by atoms with E-state index in [1.165, 1.54) is 6.07 Å². The third kappa shape index (κ3) is 2.45. The van der Waals surface area contributed by atoms with Crippen LogP contribution in [0, 0.1) is 21.4 Å². The monoisotopic (exact) mass is 191 g/mol. The van der Waals surface area contributed by atoms with Gasteiger partial charge in [0.2, 0.25) is 0 Å². The average Bonchev–Trinajstić information content (AvgIpc) is 2.19. The van der Waals surface area contributed by atoms with Crippen molar-refractivity contribution in [1.29, 1.82) is 5.26 Å². The Labute approximate surface area is 81.1 Å². The third-order valence-corrected chi connectivity index (χ3v) is 1.65. The Bertz CT molecular complexity index is 371. The van der Waals surface area contributed by atoms with Crippen LogP contribution in [0.1, 0.15) is 6.42 Å². The minimum absolute atomic E-state index is 0.0328. The molecule has 0 heterocycles. The molecule has 0 aromatic heterocycles. The quantitative estimate of drug-likeness (QED) is 0.448. The van der Waals surface area contributed by atoms with Crippen LogP contribution in [0.4, 0.5) is 11.4 Å². The molecule has 0 fully saturated rings. The molecular weight excluding hydrogens is 182 g/mol. The number of hydrogen-bond donors (Lipinski definition) is 1. The lowest BCUT2D eigenvalue weighted by atomic mass is 10.2. The van der Waals surface area contributed by atoms with E-state index in [0.29, 0.717) is 18.7 Å². The average molecular weight is 191 g/mol. The zero-order valence-electron chi connectivity index (χ0n) is 7.43.